The second kappa shape index (κ2) is 7.62. The van der Waals surface area contributed by atoms with E-state index >= 15 is 0 Å². The summed E-state index contributed by atoms with van der Waals surface area (Å²) in [5.41, 5.74) is 3.93. The van der Waals surface area contributed by atoms with Gasteiger partial charge in [-0.1, -0.05) is 11.6 Å². The molecule has 1 aromatic heterocycles. The van der Waals surface area contributed by atoms with Gasteiger partial charge in [-0.05, 0) is 62.4 Å². The van der Waals surface area contributed by atoms with Crippen LogP contribution in [0.1, 0.15) is 56.9 Å². The minimum Gasteiger partial charge on any atom is -0.494 e. The Bertz CT molecular complexity index is 1130. The molecular weight excluding hydrogens is 400 g/mol. The van der Waals surface area contributed by atoms with E-state index in [1.165, 1.54) is 0 Å². The molecule has 0 saturated heterocycles. The summed E-state index contributed by atoms with van der Waals surface area (Å²) >= 11 is 6.67. The monoisotopic (exact) mass is 422 g/mol. The van der Waals surface area contributed by atoms with E-state index in [4.69, 9.17) is 21.3 Å². The van der Waals surface area contributed by atoms with Crippen molar-refractivity contribution in [1.82, 2.24) is 4.98 Å². The molecule has 0 N–H and O–H groups in total. The molecule has 1 aromatic carbocycles. The van der Waals surface area contributed by atoms with Gasteiger partial charge < -0.3 is 4.74 Å². The zero-order valence-electron chi connectivity index (χ0n) is 16.9. The molecule has 5 nitrogen and oxygen atoms in total. The number of benzene rings is 1. The minimum absolute atomic E-state index is 0.0849. The van der Waals surface area contributed by atoms with E-state index in [1.54, 1.807) is 0 Å². The van der Waals surface area contributed by atoms with Crippen LogP contribution in [0.4, 0.5) is 0 Å². The first-order valence-electron chi connectivity index (χ1n) is 10.7. The normalized spacial score (nSPS) is 23.9. The summed E-state index contributed by atoms with van der Waals surface area (Å²) in [6.45, 7) is 2.51. The Labute approximate surface area is 180 Å². The molecule has 3 aliphatic rings. The Morgan fingerprint density at radius 3 is 2.73 bits per heavy atom. The van der Waals surface area contributed by atoms with Crippen LogP contribution in [0, 0.1) is 5.92 Å². The number of Topliss-reactive ketones (excluding diaryl/α,β-unsaturated/α-hetero) is 2. The van der Waals surface area contributed by atoms with E-state index < -0.39 is 11.8 Å². The van der Waals surface area contributed by atoms with Crippen LogP contribution in [0.5, 0.6) is 5.75 Å². The van der Waals surface area contributed by atoms with Crippen molar-refractivity contribution in [2.75, 3.05) is 6.61 Å². The molecule has 5 rings (SSSR count). The standard InChI is InChI=1S/C24H23ClN2O3/c1-2-30-14-9-10-16-13(11-14)12-15(24(25)27-16)21-22-17(5-3-7-19(22)28)26-18-6-4-8-20(29)23(18)21/h9-12,21-22H,2-8H2,1H3/t21-,22?/m1/s1. The van der Waals surface area contributed by atoms with Gasteiger partial charge in [-0.15, -0.1) is 0 Å². The fourth-order valence-electron chi connectivity index (χ4n) is 5.06. The Hall–Kier alpha value is -2.53. The number of carbonyl (C=O) groups is 2. The van der Waals surface area contributed by atoms with Crippen LogP contribution >= 0.6 is 11.6 Å². The Morgan fingerprint density at radius 1 is 1.07 bits per heavy atom. The van der Waals surface area contributed by atoms with Gasteiger partial charge in [-0.3, -0.25) is 14.6 Å². The average molecular weight is 423 g/mol. The first-order chi connectivity index (χ1) is 14.6. The molecule has 1 fully saturated rings. The third kappa shape index (κ3) is 3.16. The topological polar surface area (TPSA) is 68.6 Å². The molecule has 2 aromatic rings. The quantitative estimate of drug-likeness (QED) is 0.637. The molecule has 6 heteroatoms. The highest BCUT2D eigenvalue weighted by atomic mass is 35.5. The van der Waals surface area contributed by atoms with Gasteiger partial charge in [-0.25, -0.2) is 4.98 Å². The highest BCUT2D eigenvalue weighted by molar-refractivity contribution is 6.31. The van der Waals surface area contributed by atoms with E-state index in [0.29, 0.717) is 30.2 Å². The van der Waals surface area contributed by atoms with Crippen LogP contribution in [0.15, 0.2) is 40.5 Å². The molecule has 1 saturated carbocycles. The number of ether oxygens (including phenoxy) is 1. The van der Waals surface area contributed by atoms with Crippen molar-refractivity contribution in [3.05, 3.63) is 46.3 Å². The van der Waals surface area contributed by atoms with Gasteiger partial charge in [-0.2, -0.15) is 0 Å². The van der Waals surface area contributed by atoms with Crippen molar-refractivity contribution < 1.29 is 14.3 Å². The lowest BCUT2D eigenvalue weighted by Gasteiger charge is -2.38. The molecule has 0 amide bonds. The largest absolute Gasteiger partial charge is 0.494 e. The number of aliphatic imine (C=N–C) groups is 1. The van der Waals surface area contributed by atoms with Crippen LogP contribution in [0.25, 0.3) is 10.9 Å². The zero-order valence-corrected chi connectivity index (χ0v) is 17.7. The van der Waals surface area contributed by atoms with E-state index in [1.807, 2.05) is 31.2 Å². The molecule has 154 valence electrons. The van der Waals surface area contributed by atoms with Gasteiger partial charge in [0.15, 0.2) is 5.78 Å². The molecule has 1 unspecified atom stereocenters. The number of carbonyl (C=O) groups excluding carboxylic acids is 2. The van der Waals surface area contributed by atoms with Crippen LogP contribution in [-0.2, 0) is 9.59 Å². The lowest BCUT2D eigenvalue weighted by molar-refractivity contribution is -0.122. The number of pyridine rings is 1. The van der Waals surface area contributed by atoms with E-state index in [0.717, 1.165) is 59.3 Å². The number of hydrogen-bond acceptors (Lipinski definition) is 5. The average Bonchev–Trinajstić information content (AvgIpc) is 2.73. The van der Waals surface area contributed by atoms with E-state index in [2.05, 4.69) is 4.98 Å². The van der Waals surface area contributed by atoms with Gasteiger partial charge in [0.1, 0.15) is 16.7 Å². The van der Waals surface area contributed by atoms with Gasteiger partial charge in [0.25, 0.3) is 0 Å². The molecule has 2 aliphatic carbocycles. The number of rotatable bonds is 3. The van der Waals surface area contributed by atoms with Crippen molar-refractivity contribution in [3.63, 3.8) is 0 Å². The summed E-state index contributed by atoms with van der Waals surface area (Å²) in [6, 6.07) is 7.67. The number of ketones is 2. The fraction of sp³-hybridized carbons (Fsp3) is 0.417. The van der Waals surface area contributed by atoms with Crippen molar-refractivity contribution in [3.8, 4) is 5.75 Å². The summed E-state index contributed by atoms with van der Waals surface area (Å²) in [6.07, 6.45) is 4.21. The second-order valence-electron chi connectivity index (χ2n) is 8.17. The van der Waals surface area contributed by atoms with Crippen molar-refractivity contribution in [1.29, 1.82) is 0 Å². The molecule has 1 aliphatic heterocycles. The fourth-order valence-corrected chi connectivity index (χ4v) is 5.32. The van der Waals surface area contributed by atoms with Crippen molar-refractivity contribution in [2.45, 2.75) is 51.4 Å². The first kappa shape index (κ1) is 19.4. The third-order valence-electron chi connectivity index (χ3n) is 6.33. The number of allylic oxidation sites excluding steroid dienone is 2. The summed E-state index contributed by atoms with van der Waals surface area (Å²) in [5.74, 6) is 0.184. The molecule has 30 heavy (non-hydrogen) atoms. The van der Waals surface area contributed by atoms with Gasteiger partial charge >= 0.3 is 0 Å². The summed E-state index contributed by atoms with van der Waals surface area (Å²) in [5, 5.41) is 1.24. The molecule has 2 heterocycles. The number of hydrogen-bond donors (Lipinski definition) is 0. The number of aromatic nitrogens is 1. The Kier molecular flexibility index (Phi) is 4.94. The van der Waals surface area contributed by atoms with Crippen LogP contribution in [0.2, 0.25) is 5.15 Å². The number of halogens is 1. The smallest absolute Gasteiger partial charge is 0.161 e. The van der Waals surface area contributed by atoms with E-state index in [9.17, 15) is 9.59 Å². The SMILES string of the molecule is CCOc1ccc2nc(Cl)c([C@H]3C4=C(CCCC4=O)N=C4CCCC(=O)C43)cc2c1. The summed E-state index contributed by atoms with van der Waals surface area (Å²) < 4.78 is 5.64. The van der Waals surface area contributed by atoms with Crippen molar-refractivity contribution >= 4 is 39.8 Å². The lowest BCUT2D eigenvalue weighted by Crippen LogP contribution is -2.39. The predicted octanol–water partition coefficient (Wildman–Crippen LogP) is 5.20. The maximum atomic E-state index is 13.0. The molecule has 0 radical (unpaired) electrons. The second-order valence-corrected chi connectivity index (χ2v) is 8.53. The maximum absolute atomic E-state index is 13.0. The summed E-state index contributed by atoms with van der Waals surface area (Å²) in [7, 11) is 0. The summed E-state index contributed by atoms with van der Waals surface area (Å²) in [4.78, 5) is 35.4. The van der Waals surface area contributed by atoms with Crippen LogP contribution in [-0.4, -0.2) is 28.9 Å². The molecule has 0 bridgehead atoms. The maximum Gasteiger partial charge on any atom is 0.161 e. The highest BCUT2D eigenvalue weighted by Gasteiger charge is 2.45. The van der Waals surface area contributed by atoms with Gasteiger partial charge in [0, 0.05) is 41.1 Å². The van der Waals surface area contributed by atoms with E-state index in [-0.39, 0.29) is 11.6 Å². The molecular formula is C24H23ClN2O3. The first-order valence-corrected chi connectivity index (χ1v) is 11.0. The minimum atomic E-state index is -0.411. The Morgan fingerprint density at radius 2 is 1.90 bits per heavy atom. The number of fused-ring (bicyclic) bond motifs is 2. The zero-order chi connectivity index (χ0) is 20.8. The van der Waals surface area contributed by atoms with Crippen LogP contribution in [0.3, 0.4) is 0 Å². The third-order valence-corrected chi connectivity index (χ3v) is 6.63. The lowest BCUT2D eigenvalue weighted by atomic mass is 9.67. The predicted molar refractivity (Wildman–Crippen MR) is 116 cm³/mol. The molecule has 2 atom stereocenters. The highest BCUT2D eigenvalue weighted by Crippen LogP contribution is 2.47. The van der Waals surface area contributed by atoms with Gasteiger partial charge in [0.2, 0.25) is 0 Å². The number of nitrogens with zero attached hydrogens (tertiary/aromatic N) is 2. The molecule has 0 spiro atoms. The Balaban J connectivity index is 1.71. The van der Waals surface area contributed by atoms with Gasteiger partial charge in [0.05, 0.1) is 18.0 Å². The van der Waals surface area contributed by atoms with Crippen LogP contribution < -0.4 is 4.74 Å². The van der Waals surface area contributed by atoms with Crippen molar-refractivity contribution in [2.24, 2.45) is 10.9 Å².